The van der Waals surface area contributed by atoms with Gasteiger partial charge in [-0.05, 0) is 67.9 Å². The second-order valence-electron chi connectivity index (χ2n) is 10.3. The normalized spacial score (nSPS) is 18.6. The Morgan fingerprint density at radius 3 is 2.57 bits per heavy atom. The van der Waals surface area contributed by atoms with Gasteiger partial charge in [0.25, 0.3) is 5.91 Å². The number of hydrogen-bond acceptors (Lipinski definition) is 6. The first-order chi connectivity index (χ1) is 17.9. The number of pyridine rings is 2. The summed E-state index contributed by atoms with van der Waals surface area (Å²) in [5.74, 6) is 0.896. The highest BCUT2D eigenvalue weighted by atomic mass is 16.5. The van der Waals surface area contributed by atoms with Crippen LogP contribution in [0.3, 0.4) is 0 Å². The molecule has 8 heteroatoms. The number of carbonyl (C=O) groups excluding carboxylic acids is 1. The number of hydrogen-bond donors (Lipinski definition) is 1. The summed E-state index contributed by atoms with van der Waals surface area (Å²) in [6.07, 6.45) is 10.8. The van der Waals surface area contributed by atoms with Gasteiger partial charge >= 0.3 is 0 Å². The van der Waals surface area contributed by atoms with E-state index in [1.807, 2.05) is 25.3 Å². The Kier molecular flexibility index (Phi) is 7.48. The Balaban J connectivity index is 1.25. The molecule has 1 aliphatic carbocycles. The van der Waals surface area contributed by atoms with E-state index in [2.05, 4.69) is 53.2 Å². The van der Waals surface area contributed by atoms with Crippen molar-refractivity contribution in [3.63, 3.8) is 0 Å². The summed E-state index contributed by atoms with van der Waals surface area (Å²) >= 11 is 0. The van der Waals surface area contributed by atoms with Gasteiger partial charge in [-0.25, -0.2) is 9.67 Å². The highest BCUT2D eigenvalue weighted by Crippen LogP contribution is 2.31. The van der Waals surface area contributed by atoms with Crippen LogP contribution in [0.1, 0.15) is 71.9 Å². The number of ether oxygens (including phenoxy) is 1. The molecule has 0 radical (unpaired) electrons. The summed E-state index contributed by atoms with van der Waals surface area (Å²) in [5, 5.41) is 7.41. The molecule has 1 aliphatic heterocycles. The number of carbonyl (C=O) groups is 1. The maximum absolute atomic E-state index is 13.1. The number of amides is 1. The van der Waals surface area contributed by atoms with Crippen molar-refractivity contribution in [1.29, 1.82) is 0 Å². The standard InChI is InChI=1S/C29H36N6O2/c1-19(2)23-7-10-27(30-16-23)35-21(4)26(18-32-35)29(36)33-24-15-20(3)28(31-17-24)22-5-8-25(9-6-22)34-11-13-37-14-12-34/h5,7,10,15-19,25H,6,8-9,11-14H2,1-4H3,(H,33,36). The van der Waals surface area contributed by atoms with Crippen molar-refractivity contribution in [2.24, 2.45) is 0 Å². The minimum Gasteiger partial charge on any atom is -0.379 e. The number of rotatable bonds is 6. The average molecular weight is 501 g/mol. The monoisotopic (exact) mass is 500 g/mol. The summed E-state index contributed by atoms with van der Waals surface area (Å²) in [6.45, 7) is 11.9. The zero-order valence-electron chi connectivity index (χ0n) is 22.2. The highest BCUT2D eigenvalue weighted by Gasteiger charge is 2.24. The van der Waals surface area contributed by atoms with Gasteiger partial charge in [-0.3, -0.25) is 14.7 Å². The number of allylic oxidation sites excluding steroid dienone is 1. The largest absolute Gasteiger partial charge is 0.379 e. The summed E-state index contributed by atoms with van der Waals surface area (Å²) in [7, 11) is 0. The first-order valence-electron chi connectivity index (χ1n) is 13.2. The molecule has 1 unspecified atom stereocenters. The lowest BCUT2D eigenvalue weighted by Gasteiger charge is -2.36. The summed E-state index contributed by atoms with van der Waals surface area (Å²) in [6, 6.07) is 6.58. The van der Waals surface area contributed by atoms with Crippen molar-refractivity contribution in [2.45, 2.75) is 58.9 Å². The summed E-state index contributed by atoms with van der Waals surface area (Å²) < 4.78 is 7.20. The number of nitrogens with zero attached hydrogens (tertiary/aromatic N) is 5. The van der Waals surface area contributed by atoms with Crippen molar-refractivity contribution >= 4 is 17.2 Å². The third-order valence-corrected chi connectivity index (χ3v) is 7.49. The number of aryl methyl sites for hydroxylation is 1. The second-order valence-corrected chi connectivity index (χ2v) is 10.3. The minimum absolute atomic E-state index is 0.207. The van der Waals surface area contributed by atoms with E-state index in [1.54, 1.807) is 17.1 Å². The molecule has 0 saturated carbocycles. The van der Waals surface area contributed by atoms with Crippen molar-refractivity contribution in [3.05, 3.63) is 70.9 Å². The molecule has 1 N–H and O–H groups in total. The molecule has 37 heavy (non-hydrogen) atoms. The molecule has 1 fully saturated rings. The van der Waals surface area contributed by atoms with Crippen molar-refractivity contribution in [3.8, 4) is 5.82 Å². The number of nitrogens with one attached hydrogen (secondary N) is 1. The predicted octanol–water partition coefficient (Wildman–Crippen LogP) is 4.92. The van der Waals surface area contributed by atoms with Gasteiger partial charge in [-0.2, -0.15) is 5.10 Å². The molecule has 0 aromatic carbocycles. The Hall–Kier alpha value is -3.36. The van der Waals surface area contributed by atoms with Crippen molar-refractivity contribution < 1.29 is 9.53 Å². The fraction of sp³-hybridized carbons (Fsp3) is 0.448. The lowest BCUT2D eigenvalue weighted by molar-refractivity contribution is 0.0150. The molecular weight excluding hydrogens is 464 g/mol. The fourth-order valence-electron chi connectivity index (χ4n) is 5.22. The molecule has 5 rings (SSSR count). The number of anilines is 1. The van der Waals surface area contributed by atoms with Crippen LogP contribution < -0.4 is 5.32 Å². The molecule has 1 saturated heterocycles. The van der Waals surface area contributed by atoms with Crippen LogP contribution in [0.5, 0.6) is 0 Å². The van der Waals surface area contributed by atoms with E-state index in [4.69, 9.17) is 9.72 Å². The second kappa shape index (κ2) is 10.9. The van der Waals surface area contributed by atoms with Crippen LogP contribution in [0.2, 0.25) is 0 Å². The summed E-state index contributed by atoms with van der Waals surface area (Å²) in [5.41, 5.74) is 6.49. The molecule has 8 nitrogen and oxygen atoms in total. The average Bonchev–Trinajstić information content (AvgIpc) is 3.31. The molecule has 4 heterocycles. The van der Waals surface area contributed by atoms with Gasteiger partial charge in [0.2, 0.25) is 0 Å². The maximum atomic E-state index is 13.1. The van der Waals surface area contributed by atoms with E-state index >= 15 is 0 Å². The lowest BCUT2D eigenvalue weighted by atomic mass is 9.90. The van der Waals surface area contributed by atoms with E-state index in [1.165, 1.54) is 11.1 Å². The Morgan fingerprint density at radius 1 is 1.11 bits per heavy atom. The van der Waals surface area contributed by atoms with Gasteiger partial charge in [0, 0.05) is 25.3 Å². The quantitative estimate of drug-likeness (QED) is 0.517. The van der Waals surface area contributed by atoms with Gasteiger partial charge in [-0.15, -0.1) is 0 Å². The number of morpholine rings is 1. The zero-order chi connectivity index (χ0) is 25.9. The molecule has 1 atom stereocenters. The molecule has 1 amide bonds. The smallest absolute Gasteiger partial charge is 0.259 e. The van der Waals surface area contributed by atoms with Crippen LogP contribution >= 0.6 is 0 Å². The minimum atomic E-state index is -0.207. The molecule has 0 bridgehead atoms. The fourth-order valence-corrected chi connectivity index (χ4v) is 5.22. The summed E-state index contributed by atoms with van der Waals surface area (Å²) in [4.78, 5) is 24.9. The Labute approximate surface area is 218 Å². The van der Waals surface area contributed by atoms with Crippen LogP contribution in [0.4, 0.5) is 5.69 Å². The lowest BCUT2D eigenvalue weighted by Crippen LogP contribution is -2.43. The van der Waals surface area contributed by atoms with E-state index in [0.717, 1.165) is 62.5 Å². The molecule has 3 aromatic heterocycles. The first kappa shape index (κ1) is 25.3. The molecule has 0 spiro atoms. The van der Waals surface area contributed by atoms with E-state index in [-0.39, 0.29) is 5.91 Å². The van der Waals surface area contributed by atoms with Crippen LogP contribution in [-0.2, 0) is 4.74 Å². The number of aromatic nitrogens is 4. The van der Waals surface area contributed by atoms with Crippen molar-refractivity contribution in [1.82, 2.24) is 24.6 Å². The maximum Gasteiger partial charge on any atom is 0.259 e. The van der Waals surface area contributed by atoms with Crippen LogP contribution in [0, 0.1) is 13.8 Å². The molecule has 194 valence electrons. The topological polar surface area (TPSA) is 85.2 Å². The van der Waals surface area contributed by atoms with Gasteiger partial charge < -0.3 is 10.1 Å². The van der Waals surface area contributed by atoms with E-state index in [9.17, 15) is 4.79 Å². The molecule has 2 aliphatic rings. The molecular formula is C29H36N6O2. The molecule has 3 aromatic rings. The van der Waals surface area contributed by atoms with Crippen LogP contribution in [0.25, 0.3) is 11.4 Å². The SMILES string of the molecule is Cc1cc(NC(=O)c2cnn(-c3ccc(C(C)C)cn3)c2C)cnc1C1=CCC(N2CCOCC2)CC1. The predicted molar refractivity (Wildman–Crippen MR) is 145 cm³/mol. The van der Waals surface area contributed by atoms with E-state index in [0.29, 0.717) is 29.0 Å². The third-order valence-electron chi connectivity index (χ3n) is 7.49. The van der Waals surface area contributed by atoms with E-state index < -0.39 is 0 Å². The Bertz CT molecular complexity index is 1290. The van der Waals surface area contributed by atoms with Gasteiger partial charge in [0.1, 0.15) is 0 Å². The van der Waals surface area contributed by atoms with Crippen LogP contribution in [-0.4, -0.2) is 62.9 Å². The third kappa shape index (κ3) is 5.50. The van der Waals surface area contributed by atoms with Crippen LogP contribution in [0.15, 0.2) is 42.9 Å². The first-order valence-corrected chi connectivity index (χ1v) is 13.2. The van der Waals surface area contributed by atoms with Gasteiger partial charge in [0.05, 0.1) is 48.2 Å². The van der Waals surface area contributed by atoms with Crippen molar-refractivity contribution in [2.75, 3.05) is 31.6 Å². The zero-order valence-corrected chi connectivity index (χ0v) is 22.2. The van der Waals surface area contributed by atoms with Gasteiger partial charge in [0.15, 0.2) is 5.82 Å². The van der Waals surface area contributed by atoms with Gasteiger partial charge in [-0.1, -0.05) is 26.0 Å². The highest BCUT2D eigenvalue weighted by molar-refractivity contribution is 6.05. The Morgan fingerprint density at radius 2 is 1.92 bits per heavy atom.